The molecule has 0 unspecified atom stereocenters. The van der Waals surface area contributed by atoms with Gasteiger partial charge in [-0.25, -0.2) is 9.18 Å². The zero-order valence-electron chi connectivity index (χ0n) is 16.1. The maximum absolute atomic E-state index is 13.7. The number of rotatable bonds is 5. The summed E-state index contributed by atoms with van der Waals surface area (Å²) in [6.07, 6.45) is 2.19. The van der Waals surface area contributed by atoms with E-state index in [1.807, 2.05) is 19.9 Å². The topological polar surface area (TPSA) is 73.5 Å². The minimum atomic E-state index is -0.575. The van der Waals surface area contributed by atoms with E-state index >= 15 is 0 Å². The third kappa shape index (κ3) is 4.79. The number of hydrogen-bond acceptors (Lipinski definition) is 3. The summed E-state index contributed by atoms with van der Waals surface area (Å²) in [5.74, 6) is -0.700. The van der Waals surface area contributed by atoms with Gasteiger partial charge in [-0.05, 0) is 57.0 Å². The van der Waals surface area contributed by atoms with Gasteiger partial charge in [-0.15, -0.1) is 0 Å². The maximum Gasteiger partial charge on any atom is 0.323 e. The molecule has 0 spiro atoms. The van der Waals surface area contributed by atoms with Gasteiger partial charge in [0.15, 0.2) is 0 Å². The first-order valence-electron chi connectivity index (χ1n) is 9.46. The summed E-state index contributed by atoms with van der Waals surface area (Å²) in [5, 5.41) is 8.05. The van der Waals surface area contributed by atoms with Crippen molar-refractivity contribution in [1.82, 2.24) is 5.32 Å². The van der Waals surface area contributed by atoms with Gasteiger partial charge in [0.2, 0.25) is 0 Å². The summed E-state index contributed by atoms with van der Waals surface area (Å²) in [6.45, 7) is 5.61. The number of nitrogens with zero attached hydrogens (tertiary/aromatic N) is 1. The fraction of sp³-hybridized carbons (Fsp3) is 0.333. The Morgan fingerprint density at radius 2 is 1.75 bits per heavy atom. The highest BCUT2D eigenvalue weighted by atomic mass is 19.1. The minimum absolute atomic E-state index is 0.0000946. The van der Waals surface area contributed by atoms with Crippen molar-refractivity contribution in [2.24, 2.45) is 0 Å². The monoisotopic (exact) mass is 384 g/mol. The SMILES string of the molecule is CC(C)NC(=O)c1cc(NC(=O)Nc2ccccc2F)ccc1N1CCCC1. The molecule has 28 heavy (non-hydrogen) atoms. The average Bonchev–Trinajstić information content (AvgIpc) is 3.17. The Bertz CT molecular complexity index is 863. The first kappa shape index (κ1) is 19.7. The van der Waals surface area contributed by atoms with Crippen LogP contribution in [0.5, 0.6) is 0 Å². The summed E-state index contributed by atoms with van der Waals surface area (Å²) in [7, 11) is 0. The van der Waals surface area contributed by atoms with Crippen LogP contribution < -0.4 is 20.9 Å². The van der Waals surface area contributed by atoms with Crippen molar-refractivity contribution in [3.05, 3.63) is 53.8 Å². The minimum Gasteiger partial charge on any atom is -0.371 e. The van der Waals surface area contributed by atoms with Crippen molar-refractivity contribution in [3.63, 3.8) is 0 Å². The molecular formula is C21H25FN4O2. The van der Waals surface area contributed by atoms with Crippen molar-refractivity contribution in [2.75, 3.05) is 28.6 Å². The molecule has 7 heteroatoms. The molecule has 0 atom stereocenters. The molecule has 3 amide bonds. The molecular weight excluding hydrogens is 359 g/mol. The lowest BCUT2D eigenvalue weighted by Crippen LogP contribution is -2.32. The van der Waals surface area contributed by atoms with Gasteiger partial charge in [0.05, 0.1) is 11.3 Å². The lowest BCUT2D eigenvalue weighted by molar-refractivity contribution is 0.0943. The molecule has 0 aliphatic carbocycles. The van der Waals surface area contributed by atoms with Gasteiger partial charge in [0, 0.05) is 30.5 Å². The maximum atomic E-state index is 13.7. The van der Waals surface area contributed by atoms with E-state index in [1.165, 1.54) is 12.1 Å². The quantitative estimate of drug-likeness (QED) is 0.723. The molecule has 3 rings (SSSR count). The van der Waals surface area contributed by atoms with E-state index in [1.54, 1.807) is 24.3 Å². The second-order valence-electron chi connectivity index (χ2n) is 7.11. The van der Waals surface area contributed by atoms with Crippen molar-refractivity contribution in [1.29, 1.82) is 0 Å². The van der Waals surface area contributed by atoms with E-state index in [2.05, 4.69) is 20.9 Å². The molecule has 1 heterocycles. The molecule has 1 saturated heterocycles. The molecule has 2 aromatic carbocycles. The molecule has 1 fully saturated rings. The van der Waals surface area contributed by atoms with Gasteiger partial charge < -0.3 is 20.9 Å². The highest BCUT2D eigenvalue weighted by Gasteiger charge is 2.21. The number of benzene rings is 2. The molecule has 0 bridgehead atoms. The van der Waals surface area contributed by atoms with E-state index in [4.69, 9.17) is 0 Å². The third-order valence-corrected chi connectivity index (χ3v) is 4.49. The highest BCUT2D eigenvalue weighted by molar-refractivity contribution is 6.04. The van der Waals surface area contributed by atoms with Gasteiger partial charge in [0.1, 0.15) is 5.82 Å². The van der Waals surface area contributed by atoms with E-state index in [0.717, 1.165) is 31.6 Å². The Balaban J connectivity index is 1.80. The van der Waals surface area contributed by atoms with Crippen molar-refractivity contribution < 1.29 is 14.0 Å². The molecule has 148 valence electrons. The number of urea groups is 1. The summed E-state index contributed by atoms with van der Waals surface area (Å²) < 4.78 is 13.7. The van der Waals surface area contributed by atoms with Crippen molar-refractivity contribution in [2.45, 2.75) is 32.7 Å². The van der Waals surface area contributed by atoms with Crippen LogP contribution >= 0.6 is 0 Å². The number of halogens is 1. The van der Waals surface area contributed by atoms with E-state index in [0.29, 0.717) is 11.3 Å². The molecule has 2 aromatic rings. The molecule has 0 saturated carbocycles. The number of carbonyl (C=O) groups excluding carboxylic acids is 2. The second kappa shape index (κ2) is 8.73. The van der Waals surface area contributed by atoms with Gasteiger partial charge >= 0.3 is 6.03 Å². The normalized spacial score (nSPS) is 13.5. The Hall–Kier alpha value is -3.09. The third-order valence-electron chi connectivity index (χ3n) is 4.49. The number of anilines is 3. The number of nitrogens with one attached hydrogen (secondary N) is 3. The molecule has 0 aromatic heterocycles. The largest absolute Gasteiger partial charge is 0.371 e. The van der Waals surface area contributed by atoms with Crippen LogP contribution in [0.2, 0.25) is 0 Å². The fourth-order valence-electron chi connectivity index (χ4n) is 3.22. The van der Waals surface area contributed by atoms with E-state index < -0.39 is 11.8 Å². The summed E-state index contributed by atoms with van der Waals surface area (Å²) in [4.78, 5) is 27.1. The van der Waals surface area contributed by atoms with Crippen molar-refractivity contribution >= 4 is 29.0 Å². The van der Waals surface area contributed by atoms with E-state index in [9.17, 15) is 14.0 Å². The zero-order chi connectivity index (χ0) is 20.1. The fourth-order valence-corrected chi connectivity index (χ4v) is 3.22. The van der Waals surface area contributed by atoms with Crippen LogP contribution in [0.4, 0.5) is 26.2 Å². The Morgan fingerprint density at radius 1 is 1.04 bits per heavy atom. The molecule has 3 N–H and O–H groups in total. The summed E-state index contributed by atoms with van der Waals surface area (Å²) >= 11 is 0. The van der Waals surface area contributed by atoms with Gasteiger partial charge in [0.25, 0.3) is 5.91 Å². The summed E-state index contributed by atoms with van der Waals surface area (Å²) in [5.41, 5.74) is 1.92. The Kier molecular flexibility index (Phi) is 6.13. The Morgan fingerprint density at radius 3 is 2.43 bits per heavy atom. The van der Waals surface area contributed by atoms with Crippen LogP contribution in [0.1, 0.15) is 37.0 Å². The van der Waals surface area contributed by atoms with Crippen LogP contribution in [0.15, 0.2) is 42.5 Å². The van der Waals surface area contributed by atoms with Gasteiger partial charge in [-0.3, -0.25) is 4.79 Å². The number of para-hydroxylation sites is 1. The number of amides is 3. The zero-order valence-corrected chi connectivity index (χ0v) is 16.1. The number of carbonyl (C=O) groups is 2. The second-order valence-corrected chi connectivity index (χ2v) is 7.11. The van der Waals surface area contributed by atoms with Gasteiger partial charge in [-0.2, -0.15) is 0 Å². The van der Waals surface area contributed by atoms with E-state index in [-0.39, 0.29) is 17.6 Å². The Labute approximate surface area is 164 Å². The number of hydrogen-bond donors (Lipinski definition) is 3. The van der Waals surface area contributed by atoms with Crippen LogP contribution in [0.3, 0.4) is 0 Å². The van der Waals surface area contributed by atoms with Gasteiger partial charge in [-0.1, -0.05) is 12.1 Å². The molecule has 6 nitrogen and oxygen atoms in total. The first-order chi connectivity index (χ1) is 13.4. The summed E-state index contributed by atoms with van der Waals surface area (Å²) in [6, 6.07) is 10.6. The lowest BCUT2D eigenvalue weighted by Gasteiger charge is -2.22. The predicted octanol–water partition coefficient (Wildman–Crippen LogP) is 4.21. The van der Waals surface area contributed by atoms with Crippen LogP contribution in [-0.2, 0) is 0 Å². The molecule has 1 aliphatic rings. The highest BCUT2D eigenvalue weighted by Crippen LogP contribution is 2.28. The molecule has 1 aliphatic heterocycles. The van der Waals surface area contributed by atoms with Crippen LogP contribution in [0, 0.1) is 5.82 Å². The lowest BCUT2D eigenvalue weighted by atomic mass is 10.1. The smallest absolute Gasteiger partial charge is 0.323 e. The standard InChI is InChI=1S/C21H25FN4O2/c1-14(2)23-20(27)16-13-15(9-10-19(16)26-11-5-6-12-26)24-21(28)25-18-8-4-3-7-17(18)22/h3-4,7-10,13-14H,5-6,11-12H2,1-2H3,(H,23,27)(H2,24,25,28). The predicted molar refractivity (Wildman–Crippen MR) is 110 cm³/mol. The average molecular weight is 384 g/mol. The molecule has 0 radical (unpaired) electrons. The van der Waals surface area contributed by atoms with Crippen LogP contribution in [-0.4, -0.2) is 31.1 Å². The van der Waals surface area contributed by atoms with Crippen LogP contribution in [0.25, 0.3) is 0 Å². The first-order valence-corrected chi connectivity index (χ1v) is 9.46. The van der Waals surface area contributed by atoms with Crippen molar-refractivity contribution in [3.8, 4) is 0 Å².